The normalized spacial score (nSPS) is 13.5. The molecular formula is C17H19F3N2O2S. The highest BCUT2D eigenvalue weighted by Crippen LogP contribution is 2.31. The molecule has 0 spiro atoms. The molecule has 25 heavy (non-hydrogen) atoms. The van der Waals surface area contributed by atoms with E-state index in [4.69, 9.17) is 0 Å². The van der Waals surface area contributed by atoms with Crippen LogP contribution in [0.5, 0.6) is 0 Å². The molecule has 1 aromatic carbocycles. The van der Waals surface area contributed by atoms with Crippen molar-refractivity contribution >= 4 is 15.7 Å². The van der Waals surface area contributed by atoms with Crippen LogP contribution < -0.4 is 5.32 Å². The molecule has 0 saturated carbocycles. The minimum atomic E-state index is -4.37. The molecule has 4 nitrogen and oxygen atoms in total. The van der Waals surface area contributed by atoms with Crippen molar-refractivity contribution in [3.63, 3.8) is 0 Å². The number of anilines is 1. The lowest BCUT2D eigenvalue weighted by Gasteiger charge is -2.15. The molecule has 2 aromatic rings. The van der Waals surface area contributed by atoms with Crippen LogP contribution in [0.4, 0.5) is 19.0 Å². The van der Waals surface area contributed by atoms with E-state index in [1.807, 2.05) is 6.92 Å². The third kappa shape index (κ3) is 5.19. The molecule has 0 amide bonds. The molecule has 0 aliphatic rings. The number of hydrogen-bond acceptors (Lipinski definition) is 4. The molecular weight excluding hydrogens is 353 g/mol. The van der Waals surface area contributed by atoms with Crippen LogP contribution >= 0.6 is 0 Å². The van der Waals surface area contributed by atoms with Crippen molar-refractivity contribution in [2.45, 2.75) is 30.3 Å². The zero-order chi connectivity index (χ0) is 18.7. The van der Waals surface area contributed by atoms with Crippen molar-refractivity contribution < 1.29 is 21.6 Å². The van der Waals surface area contributed by atoms with Gasteiger partial charge in [-0.3, -0.25) is 0 Å². The molecule has 0 bridgehead atoms. The number of pyridine rings is 1. The zero-order valence-corrected chi connectivity index (χ0v) is 14.7. The molecule has 8 heteroatoms. The van der Waals surface area contributed by atoms with E-state index in [9.17, 15) is 21.6 Å². The van der Waals surface area contributed by atoms with Crippen molar-refractivity contribution in [2.24, 2.45) is 0 Å². The summed E-state index contributed by atoms with van der Waals surface area (Å²) in [4.78, 5) is 4.12. The molecule has 0 fully saturated rings. The maximum Gasteiger partial charge on any atom is 0.416 e. The third-order valence-electron chi connectivity index (χ3n) is 3.82. The maximum absolute atomic E-state index is 12.8. The molecule has 2 rings (SSSR count). The predicted molar refractivity (Wildman–Crippen MR) is 90.3 cm³/mol. The predicted octanol–water partition coefficient (Wildman–Crippen LogP) is 4.11. The SMILES string of the molecule is CC(CCNc1ncccc1S(C)(=O)=O)c1cccc(C(F)(F)F)c1. The first kappa shape index (κ1) is 19.2. The summed E-state index contributed by atoms with van der Waals surface area (Å²) in [5, 5.41) is 2.95. The van der Waals surface area contributed by atoms with Crippen LogP contribution in [0.25, 0.3) is 0 Å². The van der Waals surface area contributed by atoms with Gasteiger partial charge >= 0.3 is 6.18 Å². The van der Waals surface area contributed by atoms with Gasteiger partial charge in [-0.1, -0.05) is 25.1 Å². The summed E-state index contributed by atoms with van der Waals surface area (Å²) in [5.41, 5.74) is -0.0881. The molecule has 1 heterocycles. The van der Waals surface area contributed by atoms with Gasteiger partial charge in [-0.05, 0) is 36.1 Å². The van der Waals surface area contributed by atoms with Gasteiger partial charge in [0.15, 0.2) is 9.84 Å². The average molecular weight is 372 g/mol. The Labute approximate surface area is 145 Å². The summed E-state index contributed by atoms with van der Waals surface area (Å²) in [6, 6.07) is 8.23. The van der Waals surface area contributed by atoms with Crippen LogP contribution in [0.3, 0.4) is 0 Å². The largest absolute Gasteiger partial charge is 0.416 e. The quantitative estimate of drug-likeness (QED) is 0.829. The molecule has 0 aliphatic heterocycles. The number of sulfone groups is 1. The van der Waals surface area contributed by atoms with Crippen molar-refractivity contribution in [3.8, 4) is 0 Å². The van der Waals surface area contributed by atoms with Gasteiger partial charge in [-0.2, -0.15) is 13.2 Å². The number of rotatable bonds is 6. The number of aromatic nitrogens is 1. The van der Waals surface area contributed by atoms with E-state index in [0.29, 0.717) is 18.5 Å². The van der Waals surface area contributed by atoms with E-state index in [1.54, 1.807) is 6.07 Å². The van der Waals surface area contributed by atoms with Crippen molar-refractivity contribution in [1.29, 1.82) is 0 Å². The van der Waals surface area contributed by atoms with Crippen LogP contribution in [-0.2, 0) is 16.0 Å². The van der Waals surface area contributed by atoms with Gasteiger partial charge in [0.2, 0.25) is 0 Å². The molecule has 1 atom stereocenters. The summed E-state index contributed by atoms with van der Waals surface area (Å²) >= 11 is 0. The summed E-state index contributed by atoms with van der Waals surface area (Å²) < 4.78 is 61.8. The second kappa shape index (κ2) is 7.43. The van der Waals surface area contributed by atoms with Gasteiger partial charge < -0.3 is 5.32 Å². The van der Waals surface area contributed by atoms with Crippen molar-refractivity contribution in [3.05, 3.63) is 53.7 Å². The Morgan fingerprint density at radius 2 is 1.92 bits per heavy atom. The Bertz CT molecular complexity index is 836. The van der Waals surface area contributed by atoms with E-state index < -0.39 is 21.6 Å². The van der Waals surface area contributed by atoms with Gasteiger partial charge in [-0.25, -0.2) is 13.4 Å². The van der Waals surface area contributed by atoms with Gasteiger partial charge in [-0.15, -0.1) is 0 Å². The highest BCUT2D eigenvalue weighted by atomic mass is 32.2. The second-order valence-corrected chi connectivity index (χ2v) is 7.85. The van der Waals surface area contributed by atoms with E-state index in [2.05, 4.69) is 10.3 Å². The summed E-state index contributed by atoms with van der Waals surface area (Å²) in [6.07, 6.45) is -1.26. The minimum absolute atomic E-state index is 0.0988. The standard InChI is InChI=1S/C17H19F3N2O2S/c1-12(13-5-3-6-14(11-13)17(18,19)20)8-10-22-16-15(25(2,23)24)7-4-9-21-16/h3-7,9,11-12H,8,10H2,1-2H3,(H,21,22). The number of alkyl halides is 3. The summed E-state index contributed by atoms with van der Waals surface area (Å²) in [7, 11) is -3.41. The number of hydrogen-bond donors (Lipinski definition) is 1. The first-order chi connectivity index (χ1) is 11.6. The Hall–Kier alpha value is -2.09. The smallest absolute Gasteiger partial charge is 0.369 e. The van der Waals surface area contributed by atoms with E-state index in [0.717, 1.165) is 18.4 Å². The molecule has 1 unspecified atom stereocenters. The number of benzene rings is 1. The maximum atomic E-state index is 12.8. The first-order valence-electron chi connectivity index (χ1n) is 7.65. The fraction of sp³-hybridized carbons (Fsp3) is 0.353. The second-order valence-electron chi connectivity index (χ2n) is 5.86. The van der Waals surface area contributed by atoms with Crippen LogP contribution in [0.15, 0.2) is 47.5 Å². The van der Waals surface area contributed by atoms with Crippen LogP contribution in [0, 0.1) is 0 Å². The Balaban J connectivity index is 2.04. The van der Waals surface area contributed by atoms with E-state index >= 15 is 0 Å². The van der Waals surface area contributed by atoms with Crippen LogP contribution in [0.2, 0.25) is 0 Å². The van der Waals surface area contributed by atoms with Crippen molar-refractivity contribution in [2.75, 3.05) is 18.1 Å². The fourth-order valence-electron chi connectivity index (χ4n) is 2.42. The highest BCUT2D eigenvalue weighted by molar-refractivity contribution is 7.90. The lowest BCUT2D eigenvalue weighted by molar-refractivity contribution is -0.137. The van der Waals surface area contributed by atoms with Gasteiger partial charge in [0.05, 0.1) is 5.56 Å². The van der Waals surface area contributed by atoms with E-state index in [1.165, 1.54) is 24.4 Å². The summed E-state index contributed by atoms with van der Waals surface area (Å²) in [5.74, 6) is 0.126. The van der Waals surface area contributed by atoms with Gasteiger partial charge in [0.25, 0.3) is 0 Å². The average Bonchev–Trinajstić information content (AvgIpc) is 2.53. The summed E-state index contributed by atoms with van der Waals surface area (Å²) in [6.45, 7) is 2.21. The van der Waals surface area contributed by atoms with Gasteiger partial charge in [0.1, 0.15) is 10.7 Å². The zero-order valence-electron chi connectivity index (χ0n) is 13.8. The molecule has 136 valence electrons. The monoisotopic (exact) mass is 372 g/mol. The topological polar surface area (TPSA) is 59.1 Å². The minimum Gasteiger partial charge on any atom is -0.369 e. The van der Waals surface area contributed by atoms with Crippen LogP contribution in [-0.4, -0.2) is 26.2 Å². The lowest BCUT2D eigenvalue weighted by Crippen LogP contribution is -2.11. The number of nitrogens with one attached hydrogen (secondary N) is 1. The third-order valence-corrected chi connectivity index (χ3v) is 4.95. The van der Waals surface area contributed by atoms with Crippen molar-refractivity contribution in [1.82, 2.24) is 4.98 Å². The van der Waals surface area contributed by atoms with Gasteiger partial charge in [0, 0.05) is 19.0 Å². The molecule has 1 N–H and O–H groups in total. The van der Waals surface area contributed by atoms with E-state index in [-0.39, 0.29) is 16.6 Å². The number of halogens is 3. The number of nitrogens with zero attached hydrogens (tertiary/aromatic N) is 1. The van der Waals surface area contributed by atoms with Crippen LogP contribution in [0.1, 0.15) is 30.4 Å². The Morgan fingerprint density at radius 3 is 2.56 bits per heavy atom. The molecule has 0 aliphatic carbocycles. The molecule has 0 saturated heterocycles. The lowest BCUT2D eigenvalue weighted by atomic mass is 9.96. The molecule has 0 radical (unpaired) electrons. The highest BCUT2D eigenvalue weighted by Gasteiger charge is 2.30. The Morgan fingerprint density at radius 1 is 1.20 bits per heavy atom. The first-order valence-corrected chi connectivity index (χ1v) is 9.54. The fourth-order valence-corrected chi connectivity index (χ4v) is 3.22. The molecule has 1 aromatic heterocycles. The Kier molecular flexibility index (Phi) is 5.72.